The van der Waals surface area contributed by atoms with Gasteiger partial charge in [-0.05, 0) is 25.0 Å². The monoisotopic (exact) mass is 233 g/mol. The molecule has 0 aliphatic carbocycles. The largest absolute Gasteiger partial charge is 0.507 e. The molecule has 4 heteroatoms. The van der Waals surface area contributed by atoms with Crippen LogP contribution in [0.15, 0.2) is 12.1 Å². The quantitative estimate of drug-likeness (QED) is 0.843. The number of nitrogens with two attached hydrogens (primary N) is 1. The number of benzene rings is 1. The molecule has 1 aromatic carbocycles. The van der Waals surface area contributed by atoms with Crippen molar-refractivity contribution in [3.05, 3.63) is 29.1 Å². The second-order valence-corrected chi connectivity index (χ2v) is 3.52. The minimum atomic E-state index is -0.422. The molecule has 0 aliphatic rings. The molecule has 0 heterocycles. The molecule has 0 unspecified atom stereocenters. The van der Waals surface area contributed by atoms with Crippen LogP contribution in [0, 0.1) is 12.7 Å². The maximum Gasteiger partial charge on any atom is 0.131 e. The summed E-state index contributed by atoms with van der Waals surface area (Å²) < 4.78 is 13.4. The van der Waals surface area contributed by atoms with Crippen molar-refractivity contribution in [3.63, 3.8) is 0 Å². The maximum absolute atomic E-state index is 13.4. The second-order valence-electron chi connectivity index (χ2n) is 3.52. The summed E-state index contributed by atoms with van der Waals surface area (Å²) in [6.07, 6.45) is 1.54. The Labute approximate surface area is 95.7 Å². The van der Waals surface area contributed by atoms with E-state index in [4.69, 9.17) is 5.73 Å². The van der Waals surface area contributed by atoms with Gasteiger partial charge in [-0.3, -0.25) is 0 Å². The van der Waals surface area contributed by atoms with E-state index in [-0.39, 0.29) is 23.7 Å². The first-order valence-corrected chi connectivity index (χ1v) is 4.81. The Morgan fingerprint density at radius 3 is 2.60 bits per heavy atom. The van der Waals surface area contributed by atoms with Crippen molar-refractivity contribution in [2.75, 3.05) is 0 Å². The van der Waals surface area contributed by atoms with E-state index in [1.165, 1.54) is 6.07 Å². The number of hydrogen-bond acceptors (Lipinski definition) is 2. The molecule has 1 aromatic rings. The fourth-order valence-electron chi connectivity index (χ4n) is 1.50. The van der Waals surface area contributed by atoms with Gasteiger partial charge in [0.1, 0.15) is 11.6 Å². The van der Waals surface area contributed by atoms with Gasteiger partial charge in [-0.2, -0.15) is 0 Å². The molecule has 0 fully saturated rings. The average Bonchev–Trinajstić information content (AvgIpc) is 2.13. The van der Waals surface area contributed by atoms with E-state index in [1.807, 2.05) is 6.92 Å². The summed E-state index contributed by atoms with van der Waals surface area (Å²) in [5.41, 5.74) is 6.68. The third-order valence-corrected chi connectivity index (χ3v) is 2.34. The van der Waals surface area contributed by atoms with Gasteiger partial charge < -0.3 is 10.8 Å². The van der Waals surface area contributed by atoms with Crippen LogP contribution >= 0.6 is 12.4 Å². The molecule has 0 aliphatic heterocycles. The Morgan fingerprint density at radius 1 is 1.47 bits per heavy atom. The molecule has 0 saturated heterocycles. The van der Waals surface area contributed by atoms with Crippen LogP contribution in [-0.4, -0.2) is 5.11 Å². The summed E-state index contributed by atoms with van der Waals surface area (Å²) in [5.74, 6) is -0.431. The van der Waals surface area contributed by atoms with E-state index in [0.29, 0.717) is 12.0 Å². The number of aromatic hydroxyl groups is 1. The summed E-state index contributed by atoms with van der Waals surface area (Å²) >= 11 is 0. The van der Waals surface area contributed by atoms with E-state index >= 15 is 0 Å². The van der Waals surface area contributed by atoms with Crippen LogP contribution in [0.2, 0.25) is 0 Å². The zero-order valence-corrected chi connectivity index (χ0v) is 9.77. The van der Waals surface area contributed by atoms with Gasteiger partial charge >= 0.3 is 0 Å². The van der Waals surface area contributed by atoms with Crippen molar-refractivity contribution in [1.82, 2.24) is 0 Å². The third kappa shape index (κ3) is 3.08. The Morgan fingerprint density at radius 2 is 2.07 bits per heavy atom. The molecule has 0 aromatic heterocycles. The molecular formula is C11H17ClFNO. The Hall–Kier alpha value is -0.800. The van der Waals surface area contributed by atoms with E-state index < -0.39 is 11.9 Å². The minimum absolute atomic E-state index is 0. The lowest BCUT2D eigenvalue weighted by molar-refractivity contribution is 0.440. The molecule has 3 N–H and O–H groups in total. The number of hydrogen-bond donors (Lipinski definition) is 2. The summed E-state index contributed by atoms with van der Waals surface area (Å²) in [7, 11) is 0. The predicted molar refractivity (Wildman–Crippen MR) is 61.9 cm³/mol. The van der Waals surface area contributed by atoms with Crippen LogP contribution in [0.5, 0.6) is 5.75 Å². The number of rotatable bonds is 3. The molecule has 0 amide bonds. The summed E-state index contributed by atoms with van der Waals surface area (Å²) in [5, 5.41) is 9.66. The SMILES string of the molecule is CCC[C@H](N)c1c(F)ccc(C)c1O.Cl. The van der Waals surface area contributed by atoms with Gasteiger partial charge in [0.25, 0.3) is 0 Å². The highest BCUT2D eigenvalue weighted by Crippen LogP contribution is 2.30. The zero-order chi connectivity index (χ0) is 10.7. The van der Waals surface area contributed by atoms with Gasteiger partial charge in [0.05, 0.1) is 0 Å². The van der Waals surface area contributed by atoms with Gasteiger partial charge in [0.15, 0.2) is 0 Å². The number of phenols is 1. The Bertz CT molecular complexity index is 331. The van der Waals surface area contributed by atoms with Crippen molar-refractivity contribution >= 4 is 12.4 Å². The van der Waals surface area contributed by atoms with Crippen molar-refractivity contribution in [2.24, 2.45) is 5.73 Å². The maximum atomic E-state index is 13.4. The molecule has 1 rings (SSSR count). The highest BCUT2D eigenvalue weighted by atomic mass is 35.5. The molecule has 0 bridgehead atoms. The lowest BCUT2D eigenvalue weighted by atomic mass is 9.99. The molecule has 0 spiro atoms. The minimum Gasteiger partial charge on any atom is -0.507 e. The normalized spacial score (nSPS) is 12.0. The zero-order valence-electron chi connectivity index (χ0n) is 8.96. The molecule has 15 heavy (non-hydrogen) atoms. The average molecular weight is 234 g/mol. The molecule has 0 saturated carbocycles. The van der Waals surface area contributed by atoms with Crippen molar-refractivity contribution in [3.8, 4) is 5.75 Å². The van der Waals surface area contributed by atoms with Crippen LogP contribution in [0.1, 0.15) is 36.9 Å². The highest BCUT2D eigenvalue weighted by molar-refractivity contribution is 5.85. The van der Waals surface area contributed by atoms with Gasteiger partial charge in [-0.25, -0.2) is 4.39 Å². The van der Waals surface area contributed by atoms with Crippen LogP contribution < -0.4 is 5.73 Å². The smallest absolute Gasteiger partial charge is 0.131 e. The van der Waals surface area contributed by atoms with Crippen molar-refractivity contribution < 1.29 is 9.50 Å². The second kappa shape index (κ2) is 5.93. The Kier molecular flexibility index (Phi) is 5.61. The van der Waals surface area contributed by atoms with Crippen molar-refractivity contribution in [1.29, 1.82) is 0 Å². The lowest BCUT2D eigenvalue weighted by Gasteiger charge is -2.14. The highest BCUT2D eigenvalue weighted by Gasteiger charge is 2.16. The molecule has 86 valence electrons. The summed E-state index contributed by atoms with van der Waals surface area (Å²) in [4.78, 5) is 0. The van der Waals surface area contributed by atoms with Crippen LogP contribution in [0.3, 0.4) is 0 Å². The van der Waals surface area contributed by atoms with Gasteiger partial charge in [0.2, 0.25) is 0 Å². The lowest BCUT2D eigenvalue weighted by Crippen LogP contribution is -2.12. The fourth-order valence-corrected chi connectivity index (χ4v) is 1.50. The third-order valence-electron chi connectivity index (χ3n) is 2.34. The fraction of sp³-hybridized carbons (Fsp3) is 0.455. The predicted octanol–water partition coefficient (Wildman–Crippen LogP) is 3.06. The molecule has 0 radical (unpaired) electrons. The molecule has 1 atom stereocenters. The topological polar surface area (TPSA) is 46.2 Å². The number of halogens is 2. The van der Waals surface area contributed by atoms with Crippen LogP contribution in [-0.2, 0) is 0 Å². The van der Waals surface area contributed by atoms with Gasteiger partial charge in [-0.1, -0.05) is 19.4 Å². The Balaban J connectivity index is 0.00000196. The first-order valence-electron chi connectivity index (χ1n) is 4.81. The standard InChI is InChI=1S/C11H16FNO.ClH/c1-3-4-9(13)10-8(12)6-5-7(2)11(10)14;/h5-6,9,14H,3-4,13H2,1-2H3;1H/t9-;/m0./s1. The van der Waals surface area contributed by atoms with Crippen LogP contribution in [0.25, 0.3) is 0 Å². The van der Waals surface area contributed by atoms with E-state index in [1.54, 1.807) is 13.0 Å². The van der Waals surface area contributed by atoms with E-state index in [9.17, 15) is 9.50 Å². The molecule has 2 nitrogen and oxygen atoms in total. The number of aryl methyl sites for hydroxylation is 1. The first-order chi connectivity index (χ1) is 6.57. The first kappa shape index (κ1) is 14.2. The van der Waals surface area contributed by atoms with Gasteiger partial charge in [-0.15, -0.1) is 12.4 Å². The van der Waals surface area contributed by atoms with Crippen LogP contribution in [0.4, 0.5) is 4.39 Å². The summed E-state index contributed by atoms with van der Waals surface area (Å²) in [6, 6.07) is 2.48. The summed E-state index contributed by atoms with van der Waals surface area (Å²) in [6.45, 7) is 3.71. The van der Waals surface area contributed by atoms with Crippen molar-refractivity contribution in [2.45, 2.75) is 32.7 Å². The van der Waals surface area contributed by atoms with E-state index in [2.05, 4.69) is 0 Å². The van der Waals surface area contributed by atoms with Gasteiger partial charge in [0, 0.05) is 11.6 Å². The molecular weight excluding hydrogens is 217 g/mol. The van der Waals surface area contributed by atoms with E-state index in [0.717, 1.165) is 6.42 Å². The number of phenolic OH excluding ortho intramolecular Hbond substituents is 1.